The molecule has 0 bridgehead atoms. The summed E-state index contributed by atoms with van der Waals surface area (Å²) in [6, 6.07) is 13.5. The van der Waals surface area contributed by atoms with Crippen LogP contribution in [0.3, 0.4) is 0 Å². The number of anilines is 1. The number of nitrogens with zero attached hydrogens (tertiary/aromatic N) is 3. The Labute approximate surface area is 176 Å². The van der Waals surface area contributed by atoms with Gasteiger partial charge < -0.3 is 9.80 Å². The van der Waals surface area contributed by atoms with Gasteiger partial charge in [-0.2, -0.15) is 31.6 Å². The van der Waals surface area contributed by atoms with Crippen LogP contribution in [0.15, 0.2) is 48.5 Å². The zero-order valence-electron chi connectivity index (χ0n) is 16.5. The monoisotopic (exact) mass is 441 g/mol. The Morgan fingerprint density at radius 3 is 2.29 bits per heavy atom. The molecule has 1 aliphatic heterocycles. The molecule has 0 N–H and O–H groups in total. The van der Waals surface area contributed by atoms with Gasteiger partial charge in [0, 0.05) is 37.9 Å². The van der Waals surface area contributed by atoms with Gasteiger partial charge in [-0.1, -0.05) is 18.2 Å². The van der Waals surface area contributed by atoms with E-state index in [1.165, 1.54) is 18.2 Å². The molecule has 9 heteroatoms. The molecule has 31 heavy (non-hydrogen) atoms. The molecule has 2 aromatic rings. The topological polar surface area (TPSA) is 30.3 Å². The lowest BCUT2D eigenvalue weighted by Gasteiger charge is -2.32. The van der Waals surface area contributed by atoms with E-state index in [1.807, 2.05) is 6.07 Å². The summed E-state index contributed by atoms with van der Waals surface area (Å²) in [5.74, 6) is 0. The molecule has 1 aliphatic rings. The van der Waals surface area contributed by atoms with Crippen molar-refractivity contribution in [2.24, 2.45) is 0 Å². The van der Waals surface area contributed by atoms with Crippen molar-refractivity contribution in [1.82, 2.24) is 4.90 Å². The van der Waals surface area contributed by atoms with Gasteiger partial charge >= 0.3 is 12.4 Å². The Bertz CT molecular complexity index is 915. The highest BCUT2D eigenvalue weighted by molar-refractivity contribution is 5.52. The minimum atomic E-state index is -4.51. The molecule has 0 radical (unpaired) electrons. The predicted molar refractivity (Wildman–Crippen MR) is 104 cm³/mol. The van der Waals surface area contributed by atoms with Gasteiger partial charge in [0.2, 0.25) is 0 Å². The van der Waals surface area contributed by atoms with Gasteiger partial charge in [-0.15, -0.1) is 0 Å². The first-order valence-corrected chi connectivity index (χ1v) is 9.78. The van der Waals surface area contributed by atoms with Crippen LogP contribution in [0.25, 0.3) is 0 Å². The Kier molecular flexibility index (Phi) is 6.80. The van der Waals surface area contributed by atoms with Crippen molar-refractivity contribution in [3.8, 4) is 6.07 Å². The first-order chi connectivity index (χ1) is 14.6. The lowest BCUT2D eigenvalue weighted by atomic mass is 10.0. The highest BCUT2D eigenvalue weighted by atomic mass is 19.4. The average Bonchev–Trinajstić information content (AvgIpc) is 3.18. The van der Waals surface area contributed by atoms with Crippen molar-refractivity contribution in [1.29, 1.82) is 5.26 Å². The van der Waals surface area contributed by atoms with Crippen LogP contribution in [0.2, 0.25) is 0 Å². The van der Waals surface area contributed by atoms with Crippen LogP contribution in [0.4, 0.5) is 32.0 Å². The molecule has 1 saturated heterocycles. The van der Waals surface area contributed by atoms with Gasteiger partial charge in [-0.3, -0.25) is 0 Å². The van der Waals surface area contributed by atoms with E-state index in [0.29, 0.717) is 30.8 Å². The lowest BCUT2D eigenvalue weighted by molar-refractivity contribution is -0.138. The van der Waals surface area contributed by atoms with Gasteiger partial charge in [0.15, 0.2) is 0 Å². The summed E-state index contributed by atoms with van der Waals surface area (Å²) >= 11 is 0. The van der Waals surface area contributed by atoms with E-state index >= 15 is 0 Å². The Morgan fingerprint density at radius 1 is 1.00 bits per heavy atom. The molecule has 0 aromatic heterocycles. The SMILES string of the molecule is N#Cc1ccc(N(Cc2ccccc2C(F)(F)F)[C@H]2CCN(CCC(F)(F)F)C2)cc1. The van der Waals surface area contributed by atoms with Gasteiger partial charge in [-0.05, 0) is 42.3 Å². The van der Waals surface area contributed by atoms with Crippen molar-refractivity contribution >= 4 is 5.69 Å². The normalized spacial score (nSPS) is 17.5. The number of alkyl halides is 6. The highest BCUT2D eigenvalue weighted by Gasteiger charge is 2.36. The predicted octanol–water partition coefficient (Wildman–Crippen LogP) is 5.61. The third-order valence-corrected chi connectivity index (χ3v) is 5.39. The molecule has 3 rings (SSSR count). The number of likely N-dealkylation sites (tertiary alicyclic amines) is 1. The van der Waals surface area contributed by atoms with Crippen LogP contribution in [0.1, 0.15) is 29.5 Å². The molecule has 1 fully saturated rings. The number of halogens is 6. The van der Waals surface area contributed by atoms with Crippen LogP contribution < -0.4 is 4.90 Å². The molecule has 0 saturated carbocycles. The minimum Gasteiger partial charge on any atom is -0.363 e. The number of hydrogen-bond acceptors (Lipinski definition) is 3. The molecule has 3 nitrogen and oxygen atoms in total. The van der Waals surface area contributed by atoms with Crippen molar-refractivity contribution in [3.05, 3.63) is 65.2 Å². The third-order valence-electron chi connectivity index (χ3n) is 5.39. The van der Waals surface area contributed by atoms with Gasteiger partial charge in [0.1, 0.15) is 0 Å². The Hall–Kier alpha value is -2.73. The second kappa shape index (κ2) is 9.18. The molecular formula is C22H21F6N3. The first-order valence-electron chi connectivity index (χ1n) is 9.78. The maximum Gasteiger partial charge on any atom is 0.416 e. The molecule has 166 valence electrons. The summed E-state index contributed by atoms with van der Waals surface area (Å²) in [7, 11) is 0. The van der Waals surface area contributed by atoms with E-state index in [2.05, 4.69) is 0 Å². The summed E-state index contributed by atoms with van der Waals surface area (Å²) in [4.78, 5) is 3.48. The van der Waals surface area contributed by atoms with Gasteiger partial charge in [0.25, 0.3) is 0 Å². The van der Waals surface area contributed by atoms with Crippen LogP contribution in [0.5, 0.6) is 0 Å². The summed E-state index contributed by atoms with van der Waals surface area (Å²) < 4.78 is 78.2. The van der Waals surface area contributed by atoms with Crippen molar-refractivity contribution in [2.45, 2.75) is 37.8 Å². The van der Waals surface area contributed by atoms with E-state index in [9.17, 15) is 26.3 Å². The van der Waals surface area contributed by atoms with E-state index < -0.39 is 24.3 Å². The molecule has 0 aliphatic carbocycles. The number of rotatable bonds is 6. The fourth-order valence-corrected chi connectivity index (χ4v) is 3.83. The summed E-state index contributed by atoms with van der Waals surface area (Å²) in [5, 5.41) is 9.01. The third kappa shape index (κ3) is 6.14. The van der Waals surface area contributed by atoms with Crippen LogP contribution >= 0.6 is 0 Å². The summed E-state index contributed by atoms with van der Waals surface area (Å²) in [5.41, 5.74) is 0.393. The van der Waals surface area contributed by atoms with Crippen LogP contribution in [-0.2, 0) is 12.7 Å². The van der Waals surface area contributed by atoms with Gasteiger partial charge in [0.05, 0.1) is 23.6 Å². The zero-order valence-corrected chi connectivity index (χ0v) is 16.5. The Morgan fingerprint density at radius 2 is 1.68 bits per heavy atom. The molecule has 0 amide bonds. The van der Waals surface area contributed by atoms with Crippen LogP contribution in [-0.4, -0.2) is 36.8 Å². The second-order valence-corrected chi connectivity index (χ2v) is 7.55. The Balaban J connectivity index is 1.86. The second-order valence-electron chi connectivity index (χ2n) is 7.55. The van der Waals surface area contributed by atoms with Gasteiger partial charge in [-0.25, -0.2) is 0 Å². The summed E-state index contributed by atoms with van der Waals surface area (Å²) in [6.07, 6.45) is -9.16. The van der Waals surface area contributed by atoms with Crippen LogP contribution in [0, 0.1) is 11.3 Å². The van der Waals surface area contributed by atoms with Crippen molar-refractivity contribution < 1.29 is 26.3 Å². The standard InChI is InChI=1S/C22H21F6N3/c23-21(24,25)10-12-30-11-9-19(15-30)31(18-7-5-16(13-29)6-8-18)14-17-3-1-2-4-20(17)22(26,27)28/h1-8,19H,9-12,14-15H2/t19-/m0/s1. The van der Waals surface area contributed by atoms with E-state index in [4.69, 9.17) is 5.26 Å². The van der Waals surface area contributed by atoms with E-state index in [1.54, 1.807) is 34.1 Å². The van der Waals surface area contributed by atoms with Crippen molar-refractivity contribution in [2.75, 3.05) is 24.5 Å². The summed E-state index contributed by atoms with van der Waals surface area (Å²) in [6.45, 7) is 0.582. The van der Waals surface area contributed by atoms with E-state index in [0.717, 1.165) is 6.07 Å². The smallest absolute Gasteiger partial charge is 0.363 e. The fraction of sp³-hybridized carbons (Fsp3) is 0.409. The molecule has 0 unspecified atom stereocenters. The van der Waals surface area contributed by atoms with Crippen molar-refractivity contribution in [3.63, 3.8) is 0 Å². The quantitative estimate of drug-likeness (QED) is 0.546. The maximum absolute atomic E-state index is 13.5. The maximum atomic E-state index is 13.5. The molecule has 0 spiro atoms. The molecule has 1 atom stereocenters. The molecule has 2 aromatic carbocycles. The number of hydrogen-bond donors (Lipinski definition) is 0. The van der Waals surface area contributed by atoms with E-state index in [-0.39, 0.29) is 24.7 Å². The largest absolute Gasteiger partial charge is 0.416 e. The average molecular weight is 441 g/mol. The lowest BCUT2D eigenvalue weighted by Crippen LogP contribution is -2.38. The number of benzene rings is 2. The zero-order chi connectivity index (χ0) is 22.6. The first kappa shape index (κ1) is 22.9. The minimum absolute atomic E-state index is 0.0423. The fourth-order valence-electron chi connectivity index (χ4n) is 3.83. The molecule has 1 heterocycles. The highest BCUT2D eigenvalue weighted by Crippen LogP contribution is 2.34. The number of nitriles is 1. The molecular weight excluding hydrogens is 420 g/mol.